The molecule has 0 aliphatic heterocycles. The molecule has 0 fully saturated rings. The van der Waals surface area contributed by atoms with E-state index in [1.165, 1.54) is 0 Å². The van der Waals surface area contributed by atoms with Crippen LogP contribution in [-0.4, -0.2) is 41.2 Å². The summed E-state index contributed by atoms with van der Waals surface area (Å²) in [6.07, 6.45) is 0. The maximum Gasteiger partial charge on any atom is 0.241 e. The van der Waals surface area contributed by atoms with E-state index in [-0.39, 0.29) is 12.5 Å². The van der Waals surface area contributed by atoms with E-state index in [1.807, 2.05) is 24.3 Å². The van der Waals surface area contributed by atoms with Crippen LogP contribution in [0.25, 0.3) is 11.0 Å². The molecular weight excluding hydrogens is 220 g/mol. The van der Waals surface area contributed by atoms with Gasteiger partial charge in [-0.1, -0.05) is 17.3 Å². The first-order chi connectivity index (χ1) is 8.31. The number of para-hydroxylation sites is 1. The van der Waals surface area contributed by atoms with Crippen molar-refractivity contribution in [3.63, 3.8) is 0 Å². The van der Waals surface area contributed by atoms with Gasteiger partial charge in [-0.3, -0.25) is 4.79 Å². The van der Waals surface area contributed by atoms with Crippen LogP contribution in [0.5, 0.6) is 0 Å². The highest BCUT2D eigenvalue weighted by Gasteiger charge is 2.07. The smallest absolute Gasteiger partial charge is 0.241 e. The highest BCUT2D eigenvalue weighted by molar-refractivity contribution is 5.79. The molecule has 0 saturated heterocycles. The molecule has 6 heteroatoms. The minimum Gasteiger partial charge on any atom is -0.383 e. The van der Waals surface area contributed by atoms with Crippen molar-refractivity contribution in [2.75, 3.05) is 20.3 Å². The maximum absolute atomic E-state index is 11.6. The fraction of sp³-hybridized carbons (Fsp3) is 0.364. The second-order valence-corrected chi connectivity index (χ2v) is 3.58. The molecule has 0 unspecified atom stereocenters. The van der Waals surface area contributed by atoms with Gasteiger partial charge in [0.25, 0.3) is 0 Å². The van der Waals surface area contributed by atoms with E-state index in [1.54, 1.807) is 11.8 Å². The third-order valence-electron chi connectivity index (χ3n) is 2.34. The largest absolute Gasteiger partial charge is 0.383 e. The van der Waals surface area contributed by atoms with Crippen molar-refractivity contribution in [2.45, 2.75) is 6.54 Å². The minimum atomic E-state index is -0.0993. The van der Waals surface area contributed by atoms with E-state index in [2.05, 4.69) is 15.6 Å². The molecule has 90 valence electrons. The highest BCUT2D eigenvalue weighted by Crippen LogP contribution is 2.08. The summed E-state index contributed by atoms with van der Waals surface area (Å²) in [4.78, 5) is 11.6. The zero-order valence-electron chi connectivity index (χ0n) is 9.59. The molecule has 0 bridgehead atoms. The molecule has 6 nitrogen and oxygen atoms in total. The predicted molar refractivity (Wildman–Crippen MR) is 62.4 cm³/mol. The van der Waals surface area contributed by atoms with Gasteiger partial charge in [0.1, 0.15) is 12.1 Å². The quantitative estimate of drug-likeness (QED) is 0.750. The number of nitrogens with zero attached hydrogens (tertiary/aromatic N) is 3. The molecule has 2 aromatic rings. The van der Waals surface area contributed by atoms with E-state index >= 15 is 0 Å². The second-order valence-electron chi connectivity index (χ2n) is 3.58. The molecule has 2 rings (SSSR count). The normalized spacial score (nSPS) is 10.6. The van der Waals surface area contributed by atoms with Crippen molar-refractivity contribution in [3.05, 3.63) is 24.3 Å². The van der Waals surface area contributed by atoms with E-state index in [4.69, 9.17) is 4.74 Å². The lowest BCUT2D eigenvalue weighted by atomic mass is 10.3. The van der Waals surface area contributed by atoms with E-state index in [9.17, 15) is 4.79 Å². The molecule has 0 radical (unpaired) electrons. The van der Waals surface area contributed by atoms with E-state index in [0.29, 0.717) is 13.2 Å². The third kappa shape index (κ3) is 2.79. The van der Waals surface area contributed by atoms with Gasteiger partial charge in [-0.25, -0.2) is 4.68 Å². The number of carbonyl (C=O) groups is 1. The lowest BCUT2D eigenvalue weighted by Gasteiger charge is -2.04. The Kier molecular flexibility index (Phi) is 3.66. The van der Waals surface area contributed by atoms with Crippen LogP contribution in [0.15, 0.2) is 24.3 Å². The Morgan fingerprint density at radius 3 is 3.12 bits per heavy atom. The average Bonchev–Trinajstić information content (AvgIpc) is 2.73. The fourth-order valence-electron chi connectivity index (χ4n) is 1.52. The van der Waals surface area contributed by atoms with Crippen LogP contribution in [0.3, 0.4) is 0 Å². The number of methoxy groups -OCH3 is 1. The first-order valence-electron chi connectivity index (χ1n) is 5.35. The number of benzene rings is 1. The molecule has 0 aliphatic rings. The number of rotatable bonds is 5. The summed E-state index contributed by atoms with van der Waals surface area (Å²) >= 11 is 0. The van der Waals surface area contributed by atoms with Gasteiger partial charge in [0.05, 0.1) is 12.1 Å². The standard InChI is InChI=1S/C11H14N4O2/c1-17-7-6-12-11(16)8-15-10-5-3-2-4-9(10)13-14-15/h2-5H,6-8H2,1H3,(H,12,16). The van der Waals surface area contributed by atoms with Crippen molar-refractivity contribution < 1.29 is 9.53 Å². The SMILES string of the molecule is COCCNC(=O)Cn1nnc2ccccc21. The Bertz CT molecular complexity index is 509. The summed E-state index contributed by atoms with van der Waals surface area (Å²) in [5, 5.41) is 10.6. The molecule has 0 atom stereocenters. The topological polar surface area (TPSA) is 69.0 Å². The van der Waals surface area contributed by atoms with Crippen LogP contribution in [0.1, 0.15) is 0 Å². The van der Waals surface area contributed by atoms with E-state index < -0.39 is 0 Å². The van der Waals surface area contributed by atoms with Crippen molar-refractivity contribution in [2.24, 2.45) is 0 Å². The fourth-order valence-corrected chi connectivity index (χ4v) is 1.52. The molecule has 17 heavy (non-hydrogen) atoms. The van der Waals surface area contributed by atoms with Crippen LogP contribution in [-0.2, 0) is 16.1 Å². The summed E-state index contributed by atoms with van der Waals surface area (Å²) in [6.45, 7) is 1.18. The maximum atomic E-state index is 11.6. The minimum absolute atomic E-state index is 0.0993. The summed E-state index contributed by atoms with van der Waals surface area (Å²) in [5.74, 6) is -0.0993. The highest BCUT2D eigenvalue weighted by atomic mass is 16.5. The number of aromatic nitrogens is 3. The Morgan fingerprint density at radius 2 is 2.29 bits per heavy atom. The second kappa shape index (κ2) is 5.40. The van der Waals surface area contributed by atoms with Crippen molar-refractivity contribution in [1.82, 2.24) is 20.3 Å². The average molecular weight is 234 g/mol. The molecule has 0 aliphatic carbocycles. The van der Waals surface area contributed by atoms with Crippen molar-refractivity contribution in [3.8, 4) is 0 Å². The van der Waals surface area contributed by atoms with Crippen molar-refractivity contribution in [1.29, 1.82) is 0 Å². The summed E-state index contributed by atoms with van der Waals surface area (Å²) in [7, 11) is 1.59. The lowest BCUT2D eigenvalue weighted by molar-refractivity contribution is -0.122. The summed E-state index contributed by atoms with van der Waals surface area (Å²) < 4.78 is 6.43. The number of nitrogens with one attached hydrogen (secondary N) is 1. The van der Waals surface area contributed by atoms with Crippen LogP contribution in [0, 0.1) is 0 Å². The molecule has 1 aromatic carbocycles. The van der Waals surface area contributed by atoms with Crippen LogP contribution in [0.4, 0.5) is 0 Å². The van der Waals surface area contributed by atoms with Gasteiger partial charge >= 0.3 is 0 Å². The van der Waals surface area contributed by atoms with E-state index in [0.717, 1.165) is 11.0 Å². The molecule has 1 amide bonds. The molecule has 0 spiro atoms. The van der Waals surface area contributed by atoms with Crippen LogP contribution >= 0.6 is 0 Å². The van der Waals surface area contributed by atoms with Gasteiger partial charge in [-0.2, -0.15) is 0 Å². The van der Waals surface area contributed by atoms with Gasteiger partial charge in [0, 0.05) is 13.7 Å². The monoisotopic (exact) mass is 234 g/mol. The first-order valence-corrected chi connectivity index (χ1v) is 5.35. The summed E-state index contributed by atoms with van der Waals surface area (Å²) in [6, 6.07) is 7.53. The van der Waals surface area contributed by atoms with Gasteiger partial charge in [-0.15, -0.1) is 5.10 Å². The van der Waals surface area contributed by atoms with Crippen LogP contribution in [0.2, 0.25) is 0 Å². The molecule has 1 heterocycles. The predicted octanol–water partition coefficient (Wildman–Crippen LogP) is 0.194. The van der Waals surface area contributed by atoms with Gasteiger partial charge in [0.2, 0.25) is 5.91 Å². The third-order valence-corrected chi connectivity index (χ3v) is 2.34. The number of ether oxygens (including phenoxy) is 1. The number of hydrogen-bond acceptors (Lipinski definition) is 4. The van der Waals surface area contributed by atoms with Gasteiger partial charge < -0.3 is 10.1 Å². The Morgan fingerprint density at radius 1 is 1.47 bits per heavy atom. The zero-order chi connectivity index (χ0) is 12.1. The molecule has 1 N–H and O–H groups in total. The Balaban J connectivity index is 2.01. The summed E-state index contributed by atoms with van der Waals surface area (Å²) in [5.41, 5.74) is 1.64. The van der Waals surface area contributed by atoms with Crippen molar-refractivity contribution >= 4 is 16.9 Å². The molecular formula is C11H14N4O2. The number of fused-ring (bicyclic) bond motifs is 1. The molecule has 0 saturated carbocycles. The van der Waals surface area contributed by atoms with Crippen LogP contribution < -0.4 is 5.32 Å². The number of hydrogen-bond donors (Lipinski definition) is 1. The number of amides is 1. The van der Waals surface area contributed by atoms with Gasteiger partial charge in [0.15, 0.2) is 0 Å². The lowest BCUT2D eigenvalue weighted by Crippen LogP contribution is -2.30. The van der Waals surface area contributed by atoms with Gasteiger partial charge in [-0.05, 0) is 12.1 Å². The number of carbonyl (C=O) groups excluding carboxylic acids is 1. The Hall–Kier alpha value is -1.95. The molecule has 1 aromatic heterocycles. The first kappa shape index (κ1) is 11.5. The zero-order valence-corrected chi connectivity index (χ0v) is 9.59. The Labute approximate surface area is 98.6 Å².